The first-order valence-electron chi connectivity index (χ1n) is 8.96. The van der Waals surface area contributed by atoms with E-state index in [9.17, 15) is 5.11 Å². The van der Waals surface area contributed by atoms with Crippen LogP contribution in [0.3, 0.4) is 0 Å². The van der Waals surface area contributed by atoms with E-state index in [1.54, 1.807) is 6.07 Å². The van der Waals surface area contributed by atoms with Crippen LogP contribution in [-0.2, 0) is 14.7 Å². The van der Waals surface area contributed by atoms with E-state index in [0.717, 1.165) is 17.2 Å². The first-order chi connectivity index (χ1) is 11.2. The molecule has 4 heteroatoms. The maximum Gasteiger partial charge on any atom is 0.207 e. The molecule has 3 bridgehead atoms. The fourth-order valence-corrected chi connectivity index (χ4v) is 7.72. The first-order valence-corrected chi connectivity index (χ1v) is 9.95. The van der Waals surface area contributed by atoms with Gasteiger partial charge in [0.15, 0.2) is 5.60 Å². The van der Waals surface area contributed by atoms with E-state index in [1.807, 2.05) is 23.9 Å². The molecule has 0 radical (unpaired) electrons. The lowest BCUT2D eigenvalue weighted by atomic mass is 9.36. The van der Waals surface area contributed by atoms with Gasteiger partial charge < -0.3 is 5.11 Å². The Hall–Kier alpha value is -0.710. The van der Waals surface area contributed by atoms with Crippen molar-refractivity contribution in [2.75, 3.05) is 5.75 Å². The zero-order valence-corrected chi connectivity index (χ0v) is 14.4. The van der Waals surface area contributed by atoms with Crippen molar-refractivity contribution in [2.24, 2.45) is 17.3 Å². The molecule has 5 unspecified atom stereocenters. The standard InChI is InChI=1S/C19H24O3S/c1-2-23-19(14-6-3-7-16(20)10-14)18(21-22-19)15-9-13-5-4-8-17(18,11-13)12-15/h3,6-7,10,13,15,20H,2,4-5,8-9,11-12H2,1H3. The normalized spacial score (nSPS) is 47.0. The maximum atomic E-state index is 10.00. The summed E-state index contributed by atoms with van der Waals surface area (Å²) in [6, 6.07) is 7.62. The molecular weight excluding hydrogens is 308 g/mol. The molecule has 0 amide bonds. The highest BCUT2D eigenvalue weighted by atomic mass is 32.2. The molecule has 4 aliphatic carbocycles. The van der Waals surface area contributed by atoms with Crippen LogP contribution in [0.2, 0.25) is 0 Å². The highest BCUT2D eigenvalue weighted by molar-refractivity contribution is 8.00. The average molecular weight is 332 g/mol. The third kappa shape index (κ3) is 1.56. The van der Waals surface area contributed by atoms with Gasteiger partial charge in [0.25, 0.3) is 0 Å². The van der Waals surface area contributed by atoms with Crippen LogP contribution >= 0.6 is 11.8 Å². The molecule has 6 rings (SSSR count). The molecule has 0 aromatic heterocycles. The summed E-state index contributed by atoms with van der Waals surface area (Å²) in [7, 11) is 0. The number of hydrogen-bond donors (Lipinski definition) is 1. The Morgan fingerprint density at radius 1 is 1.30 bits per heavy atom. The van der Waals surface area contributed by atoms with Crippen LogP contribution in [-0.4, -0.2) is 16.5 Å². The summed E-state index contributed by atoms with van der Waals surface area (Å²) in [5.41, 5.74) is 1.19. The molecular formula is C19H24O3S. The number of phenolic OH excluding ortho intramolecular Hbond substituents is 1. The van der Waals surface area contributed by atoms with Gasteiger partial charge in [-0.15, -0.1) is 11.8 Å². The summed E-state index contributed by atoms with van der Waals surface area (Å²) in [6.45, 7) is 2.18. The minimum absolute atomic E-state index is 0.175. The lowest BCUT2D eigenvalue weighted by molar-refractivity contribution is -0.599. The lowest BCUT2D eigenvalue weighted by Gasteiger charge is -2.77. The molecule has 5 aliphatic rings. The molecule has 1 saturated heterocycles. The zero-order valence-electron chi connectivity index (χ0n) is 13.6. The fourth-order valence-electron chi connectivity index (χ4n) is 6.30. The number of thioether (sulfide) groups is 1. The van der Waals surface area contributed by atoms with E-state index < -0.39 is 4.93 Å². The van der Waals surface area contributed by atoms with Crippen LogP contribution < -0.4 is 0 Å². The summed E-state index contributed by atoms with van der Waals surface area (Å²) < 4.78 is 0. The van der Waals surface area contributed by atoms with Crippen molar-refractivity contribution in [3.05, 3.63) is 29.8 Å². The van der Waals surface area contributed by atoms with Gasteiger partial charge in [-0.2, -0.15) is 0 Å². The van der Waals surface area contributed by atoms with Gasteiger partial charge in [0.05, 0.1) is 0 Å². The second-order valence-corrected chi connectivity index (χ2v) is 9.32. The second-order valence-electron chi connectivity index (χ2n) is 7.88. The van der Waals surface area contributed by atoms with Gasteiger partial charge in [-0.05, 0) is 55.4 Å². The Labute approximate surface area is 141 Å². The zero-order chi connectivity index (χ0) is 15.7. The van der Waals surface area contributed by atoms with E-state index >= 15 is 0 Å². The smallest absolute Gasteiger partial charge is 0.207 e. The average Bonchev–Trinajstić information content (AvgIpc) is 2.50. The summed E-state index contributed by atoms with van der Waals surface area (Å²) in [6.07, 6.45) is 7.89. The number of rotatable bonds is 3. The number of phenols is 1. The van der Waals surface area contributed by atoms with Crippen molar-refractivity contribution >= 4 is 11.8 Å². The molecule has 1 N–H and O–H groups in total. The molecule has 5 fully saturated rings. The van der Waals surface area contributed by atoms with Gasteiger partial charge in [-0.3, -0.25) is 0 Å². The number of aromatic hydroxyl groups is 1. The van der Waals surface area contributed by atoms with Crippen LogP contribution in [0.1, 0.15) is 51.0 Å². The highest BCUT2D eigenvalue weighted by Gasteiger charge is 2.84. The first kappa shape index (κ1) is 14.6. The molecule has 1 aromatic rings. The Bertz CT molecular complexity index is 643. The van der Waals surface area contributed by atoms with Crippen molar-refractivity contribution in [2.45, 2.75) is 56.0 Å². The Balaban J connectivity index is 1.63. The van der Waals surface area contributed by atoms with Gasteiger partial charge in [0, 0.05) is 11.0 Å². The molecule has 3 nitrogen and oxygen atoms in total. The van der Waals surface area contributed by atoms with Crippen molar-refractivity contribution in [3.8, 4) is 5.75 Å². The van der Waals surface area contributed by atoms with E-state index in [4.69, 9.17) is 9.78 Å². The SMILES string of the molecule is CCSC1(c2cccc(O)c2)OOC12C1CC3CCCC2(C3)C1. The molecule has 5 atom stereocenters. The molecule has 1 aliphatic heterocycles. The predicted octanol–water partition coefficient (Wildman–Crippen LogP) is 4.60. The Kier molecular flexibility index (Phi) is 2.97. The Morgan fingerprint density at radius 2 is 2.22 bits per heavy atom. The van der Waals surface area contributed by atoms with Gasteiger partial charge >= 0.3 is 0 Å². The maximum absolute atomic E-state index is 10.00. The summed E-state index contributed by atoms with van der Waals surface area (Å²) >= 11 is 1.85. The van der Waals surface area contributed by atoms with Gasteiger partial charge in [0.1, 0.15) is 5.75 Å². The molecule has 1 aromatic carbocycles. The van der Waals surface area contributed by atoms with Crippen molar-refractivity contribution in [3.63, 3.8) is 0 Å². The minimum atomic E-state index is -0.439. The van der Waals surface area contributed by atoms with Crippen LogP contribution in [0.5, 0.6) is 5.75 Å². The number of hydrogen-bond acceptors (Lipinski definition) is 4. The highest BCUT2D eigenvalue weighted by Crippen LogP contribution is 2.80. The van der Waals surface area contributed by atoms with E-state index in [0.29, 0.717) is 17.1 Å². The minimum Gasteiger partial charge on any atom is -0.508 e. The monoisotopic (exact) mass is 332 g/mol. The Morgan fingerprint density at radius 3 is 2.96 bits per heavy atom. The van der Waals surface area contributed by atoms with Crippen molar-refractivity contribution < 1.29 is 14.9 Å². The van der Waals surface area contributed by atoms with Crippen molar-refractivity contribution in [1.29, 1.82) is 0 Å². The summed E-state index contributed by atoms with van der Waals surface area (Å²) in [5, 5.41) is 10.00. The van der Waals surface area contributed by atoms with Crippen LogP contribution in [0.4, 0.5) is 0 Å². The molecule has 2 spiro atoms. The third-order valence-electron chi connectivity index (χ3n) is 6.92. The number of benzene rings is 1. The third-order valence-corrected chi connectivity index (χ3v) is 8.22. The van der Waals surface area contributed by atoms with E-state index in [-0.39, 0.29) is 5.60 Å². The van der Waals surface area contributed by atoms with Crippen molar-refractivity contribution in [1.82, 2.24) is 0 Å². The van der Waals surface area contributed by atoms with Crippen LogP contribution in [0.15, 0.2) is 24.3 Å². The predicted molar refractivity (Wildman–Crippen MR) is 89.9 cm³/mol. The van der Waals surface area contributed by atoms with Gasteiger partial charge in [-0.25, -0.2) is 9.78 Å². The lowest BCUT2D eigenvalue weighted by Crippen LogP contribution is -2.83. The molecule has 23 heavy (non-hydrogen) atoms. The molecule has 4 saturated carbocycles. The van der Waals surface area contributed by atoms with Gasteiger partial charge in [0.2, 0.25) is 4.93 Å². The summed E-state index contributed by atoms with van der Waals surface area (Å²) in [4.78, 5) is 11.6. The quantitative estimate of drug-likeness (QED) is 0.821. The van der Waals surface area contributed by atoms with E-state index in [1.165, 1.54) is 38.5 Å². The van der Waals surface area contributed by atoms with Crippen LogP contribution in [0, 0.1) is 17.3 Å². The van der Waals surface area contributed by atoms with Crippen LogP contribution in [0.25, 0.3) is 0 Å². The topological polar surface area (TPSA) is 38.7 Å². The fraction of sp³-hybridized carbons (Fsp3) is 0.684. The molecule has 124 valence electrons. The second kappa shape index (κ2) is 4.68. The summed E-state index contributed by atoms with van der Waals surface area (Å²) in [5.74, 6) is 2.79. The molecule has 1 heterocycles. The van der Waals surface area contributed by atoms with Gasteiger partial charge in [-0.1, -0.05) is 31.9 Å². The van der Waals surface area contributed by atoms with E-state index in [2.05, 4.69) is 13.0 Å². The largest absolute Gasteiger partial charge is 0.508 e.